The molecule has 1 atom stereocenters. The normalized spacial score (nSPS) is 12.1. The van der Waals surface area contributed by atoms with E-state index in [0.29, 0.717) is 6.54 Å². The van der Waals surface area contributed by atoms with Crippen molar-refractivity contribution in [2.75, 3.05) is 11.4 Å². The summed E-state index contributed by atoms with van der Waals surface area (Å²) < 4.78 is 0. The maximum Gasteiger partial charge on any atom is 0.0691 e. The second kappa shape index (κ2) is 5.51. The summed E-state index contributed by atoms with van der Waals surface area (Å²) in [7, 11) is 0. The van der Waals surface area contributed by atoms with Crippen molar-refractivity contribution in [3.63, 3.8) is 0 Å². The largest absolute Gasteiger partial charge is 0.392 e. The van der Waals surface area contributed by atoms with Gasteiger partial charge < -0.3 is 10.0 Å². The fourth-order valence-corrected chi connectivity index (χ4v) is 1.84. The van der Waals surface area contributed by atoms with Crippen LogP contribution in [-0.2, 0) is 0 Å². The van der Waals surface area contributed by atoms with E-state index < -0.39 is 0 Å². The maximum absolute atomic E-state index is 9.60. The van der Waals surface area contributed by atoms with Crippen molar-refractivity contribution >= 4 is 11.4 Å². The lowest BCUT2D eigenvalue weighted by Gasteiger charge is -2.26. The first-order valence-corrected chi connectivity index (χ1v) is 5.83. The summed E-state index contributed by atoms with van der Waals surface area (Å²) in [4.78, 5) is 2.12. The Kier molecular flexibility index (Phi) is 3.78. The molecule has 0 heterocycles. The van der Waals surface area contributed by atoms with Crippen LogP contribution in [0.15, 0.2) is 60.7 Å². The number of hydrogen-bond acceptors (Lipinski definition) is 2. The minimum atomic E-state index is -0.365. The second-order valence-corrected chi connectivity index (χ2v) is 4.13. The highest BCUT2D eigenvalue weighted by atomic mass is 16.3. The summed E-state index contributed by atoms with van der Waals surface area (Å²) in [6.07, 6.45) is -0.365. The Balaban J connectivity index is 2.32. The zero-order chi connectivity index (χ0) is 12.1. The molecule has 0 saturated carbocycles. The van der Waals surface area contributed by atoms with E-state index in [1.54, 1.807) is 6.92 Å². The Morgan fingerprint density at radius 3 is 1.65 bits per heavy atom. The SMILES string of the molecule is CC(O)CN(c1ccccc1)c1ccccc1. The average Bonchev–Trinajstić information content (AvgIpc) is 2.38. The fraction of sp³-hybridized carbons (Fsp3) is 0.200. The molecule has 2 rings (SSSR count). The lowest BCUT2D eigenvalue weighted by Crippen LogP contribution is -2.26. The summed E-state index contributed by atoms with van der Waals surface area (Å²) in [6, 6.07) is 20.2. The molecule has 0 amide bonds. The topological polar surface area (TPSA) is 23.5 Å². The van der Waals surface area contributed by atoms with E-state index in [1.807, 2.05) is 36.4 Å². The highest BCUT2D eigenvalue weighted by Gasteiger charge is 2.10. The van der Waals surface area contributed by atoms with E-state index in [-0.39, 0.29) is 6.10 Å². The van der Waals surface area contributed by atoms with E-state index in [1.165, 1.54) is 0 Å². The summed E-state index contributed by atoms with van der Waals surface area (Å²) in [5.74, 6) is 0. The van der Waals surface area contributed by atoms with Gasteiger partial charge in [-0.3, -0.25) is 0 Å². The lowest BCUT2D eigenvalue weighted by molar-refractivity contribution is 0.203. The van der Waals surface area contributed by atoms with Crippen molar-refractivity contribution in [1.29, 1.82) is 0 Å². The van der Waals surface area contributed by atoms with Crippen molar-refractivity contribution in [3.8, 4) is 0 Å². The molecule has 0 saturated heterocycles. The van der Waals surface area contributed by atoms with E-state index in [4.69, 9.17) is 0 Å². The highest BCUT2D eigenvalue weighted by molar-refractivity contribution is 5.62. The van der Waals surface area contributed by atoms with Crippen LogP contribution in [0.5, 0.6) is 0 Å². The van der Waals surface area contributed by atoms with Crippen molar-refractivity contribution in [3.05, 3.63) is 60.7 Å². The lowest BCUT2D eigenvalue weighted by atomic mass is 10.2. The van der Waals surface area contributed by atoms with Gasteiger partial charge in [0.1, 0.15) is 0 Å². The van der Waals surface area contributed by atoms with Gasteiger partial charge in [0.15, 0.2) is 0 Å². The Bertz CT molecular complexity index is 399. The molecular weight excluding hydrogens is 210 g/mol. The van der Waals surface area contributed by atoms with E-state index in [2.05, 4.69) is 29.2 Å². The first kappa shape index (κ1) is 11.7. The van der Waals surface area contributed by atoms with E-state index in [9.17, 15) is 5.11 Å². The van der Waals surface area contributed by atoms with Gasteiger partial charge in [0, 0.05) is 17.9 Å². The number of rotatable bonds is 4. The number of nitrogens with zero attached hydrogens (tertiary/aromatic N) is 1. The Labute approximate surface area is 102 Å². The zero-order valence-corrected chi connectivity index (χ0v) is 9.95. The minimum absolute atomic E-state index is 0.365. The number of anilines is 2. The molecule has 88 valence electrons. The molecule has 0 aromatic heterocycles. The van der Waals surface area contributed by atoms with Crippen LogP contribution in [0.3, 0.4) is 0 Å². The predicted octanol–water partition coefficient (Wildman–Crippen LogP) is 3.21. The standard InChI is InChI=1S/C15H17NO/c1-13(17)12-16(14-8-4-2-5-9-14)15-10-6-3-7-11-15/h2-11,13,17H,12H2,1H3. The maximum atomic E-state index is 9.60. The number of para-hydroxylation sites is 2. The quantitative estimate of drug-likeness (QED) is 0.867. The van der Waals surface area contributed by atoms with Crippen LogP contribution in [-0.4, -0.2) is 17.8 Å². The van der Waals surface area contributed by atoms with Gasteiger partial charge in [-0.25, -0.2) is 0 Å². The molecule has 2 heteroatoms. The molecule has 2 aromatic rings. The number of hydrogen-bond donors (Lipinski definition) is 1. The average molecular weight is 227 g/mol. The van der Waals surface area contributed by atoms with Crippen LogP contribution in [0.25, 0.3) is 0 Å². The van der Waals surface area contributed by atoms with Crippen molar-refractivity contribution in [1.82, 2.24) is 0 Å². The third-order valence-corrected chi connectivity index (χ3v) is 2.58. The molecule has 2 aromatic carbocycles. The van der Waals surface area contributed by atoms with Crippen LogP contribution in [0.1, 0.15) is 6.92 Å². The Hall–Kier alpha value is -1.80. The molecule has 0 spiro atoms. The van der Waals surface area contributed by atoms with Crippen LogP contribution < -0.4 is 4.90 Å². The summed E-state index contributed by atoms with van der Waals surface area (Å²) in [5, 5.41) is 9.60. The smallest absolute Gasteiger partial charge is 0.0691 e. The molecule has 0 aliphatic heterocycles. The minimum Gasteiger partial charge on any atom is -0.392 e. The molecule has 1 N–H and O–H groups in total. The van der Waals surface area contributed by atoms with Gasteiger partial charge in [-0.1, -0.05) is 36.4 Å². The van der Waals surface area contributed by atoms with Gasteiger partial charge in [-0.2, -0.15) is 0 Å². The molecule has 2 nitrogen and oxygen atoms in total. The molecule has 0 fully saturated rings. The second-order valence-electron chi connectivity index (χ2n) is 4.13. The first-order valence-electron chi connectivity index (χ1n) is 5.83. The van der Waals surface area contributed by atoms with Crippen molar-refractivity contribution in [2.45, 2.75) is 13.0 Å². The predicted molar refractivity (Wildman–Crippen MR) is 71.6 cm³/mol. The Morgan fingerprint density at radius 2 is 1.29 bits per heavy atom. The number of aliphatic hydroxyl groups excluding tert-OH is 1. The van der Waals surface area contributed by atoms with Gasteiger partial charge in [-0.05, 0) is 31.2 Å². The van der Waals surface area contributed by atoms with Crippen LogP contribution in [0.4, 0.5) is 11.4 Å². The van der Waals surface area contributed by atoms with E-state index in [0.717, 1.165) is 11.4 Å². The molecular formula is C15H17NO. The molecule has 0 aliphatic carbocycles. The monoisotopic (exact) mass is 227 g/mol. The molecule has 0 radical (unpaired) electrons. The van der Waals surface area contributed by atoms with Crippen molar-refractivity contribution < 1.29 is 5.11 Å². The van der Waals surface area contributed by atoms with Crippen molar-refractivity contribution in [2.24, 2.45) is 0 Å². The van der Waals surface area contributed by atoms with Gasteiger partial charge >= 0.3 is 0 Å². The summed E-state index contributed by atoms with van der Waals surface area (Å²) in [6.45, 7) is 2.40. The third-order valence-electron chi connectivity index (χ3n) is 2.58. The number of benzene rings is 2. The van der Waals surface area contributed by atoms with Gasteiger partial charge in [-0.15, -0.1) is 0 Å². The van der Waals surface area contributed by atoms with Gasteiger partial charge in [0.25, 0.3) is 0 Å². The van der Waals surface area contributed by atoms with Crippen LogP contribution >= 0.6 is 0 Å². The molecule has 0 bridgehead atoms. The van der Waals surface area contributed by atoms with E-state index >= 15 is 0 Å². The third kappa shape index (κ3) is 3.08. The van der Waals surface area contributed by atoms with Gasteiger partial charge in [0.2, 0.25) is 0 Å². The van der Waals surface area contributed by atoms with Crippen LogP contribution in [0, 0.1) is 0 Å². The Morgan fingerprint density at radius 1 is 0.882 bits per heavy atom. The van der Waals surface area contributed by atoms with Crippen LogP contribution in [0.2, 0.25) is 0 Å². The highest BCUT2D eigenvalue weighted by Crippen LogP contribution is 2.24. The molecule has 1 unspecified atom stereocenters. The molecule has 0 aliphatic rings. The zero-order valence-electron chi connectivity index (χ0n) is 9.95. The molecule has 17 heavy (non-hydrogen) atoms. The van der Waals surface area contributed by atoms with Gasteiger partial charge in [0.05, 0.1) is 6.10 Å². The summed E-state index contributed by atoms with van der Waals surface area (Å²) >= 11 is 0. The first-order chi connectivity index (χ1) is 8.27. The summed E-state index contributed by atoms with van der Waals surface area (Å²) in [5.41, 5.74) is 2.19. The number of aliphatic hydroxyl groups is 1. The fourth-order valence-electron chi connectivity index (χ4n) is 1.84.